The van der Waals surface area contributed by atoms with Gasteiger partial charge in [-0.3, -0.25) is 9.59 Å². The molecular weight excluding hydrogens is 489 g/mol. The van der Waals surface area contributed by atoms with Gasteiger partial charge in [0.2, 0.25) is 0 Å². The van der Waals surface area contributed by atoms with Crippen LogP contribution in [0.3, 0.4) is 0 Å². The Morgan fingerprint density at radius 3 is 2.17 bits per heavy atom. The van der Waals surface area contributed by atoms with Crippen LogP contribution in [0.2, 0.25) is 5.02 Å². The average molecular weight is 513 g/mol. The van der Waals surface area contributed by atoms with Crippen LogP contribution in [-0.2, 0) is 9.47 Å². The number of benzene rings is 2. The highest BCUT2D eigenvalue weighted by Crippen LogP contribution is 2.31. The number of aromatic carboxylic acids is 1. The van der Waals surface area contributed by atoms with Crippen LogP contribution in [0.15, 0.2) is 36.4 Å². The molecule has 2 aromatic rings. The first-order valence-corrected chi connectivity index (χ1v) is 11.4. The number of carboxylic acid groups (broad SMARTS) is 1. The van der Waals surface area contributed by atoms with E-state index in [1.165, 1.54) is 24.3 Å². The lowest BCUT2D eigenvalue weighted by molar-refractivity contribution is -0.0677. The molecule has 2 heterocycles. The van der Waals surface area contributed by atoms with Crippen molar-refractivity contribution >= 4 is 29.1 Å². The minimum Gasteiger partial charge on any atom is -0.478 e. The monoisotopic (exact) mass is 512 g/mol. The zero-order chi connectivity index (χ0) is 25.6. The van der Waals surface area contributed by atoms with Crippen molar-refractivity contribution in [1.82, 2.24) is 0 Å². The van der Waals surface area contributed by atoms with Gasteiger partial charge in [0.25, 0.3) is 0 Å². The second kappa shape index (κ2) is 11.8. The summed E-state index contributed by atoms with van der Waals surface area (Å²) >= 11 is 5.76. The third-order valence-electron chi connectivity index (χ3n) is 5.73. The number of carbonyl (C=O) groups excluding carboxylic acids is 2. The highest BCUT2D eigenvalue weighted by atomic mass is 35.5. The van der Waals surface area contributed by atoms with Gasteiger partial charge < -0.3 is 14.6 Å². The summed E-state index contributed by atoms with van der Waals surface area (Å²) in [6.45, 7) is 0.675. The summed E-state index contributed by atoms with van der Waals surface area (Å²) in [5, 5.41) is 9.79. The smallest absolute Gasteiger partial charge is 0.336 e. The first kappa shape index (κ1) is 26.8. The van der Waals surface area contributed by atoms with Gasteiger partial charge in [-0.1, -0.05) is 11.6 Å². The number of rotatable bonds is 5. The van der Waals surface area contributed by atoms with Crippen molar-refractivity contribution < 1.29 is 42.1 Å². The summed E-state index contributed by atoms with van der Waals surface area (Å²) in [5.41, 5.74) is -4.09. The Morgan fingerprint density at radius 2 is 1.66 bits per heavy atom. The summed E-state index contributed by atoms with van der Waals surface area (Å²) in [4.78, 5) is 36.8. The van der Waals surface area contributed by atoms with Crippen molar-refractivity contribution in [3.05, 3.63) is 69.5 Å². The van der Waals surface area contributed by atoms with E-state index in [0.29, 0.717) is 24.1 Å². The molecule has 0 saturated carbocycles. The maximum absolute atomic E-state index is 14.9. The molecule has 0 bridgehead atoms. The van der Waals surface area contributed by atoms with Gasteiger partial charge in [-0.15, -0.1) is 0 Å². The largest absolute Gasteiger partial charge is 0.478 e. The van der Waals surface area contributed by atoms with Crippen LogP contribution in [0, 0.1) is 5.82 Å². The van der Waals surface area contributed by atoms with E-state index in [2.05, 4.69) is 4.74 Å². The van der Waals surface area contributed by atoms with Crippen LogP contribution in [0.25, 0.3) is 0 Å². The van der Waals surface area contributed by atoms with Crippen LogP contribution < -0.4 is 0 Å². The van der Waals surface area contributed by atoms with Crippen molar-refractivity contribution in [2.75, 3.05) is 19.8 Å². The van der Waals surface area contributed by atoms with Gasteiger partial charge in [0.1, 0.15) is 5.82 Å². The Bertz CT molecular complexity index is 1080. The van der Waals surface area contributed by atoms with Crippen LogP contribution in [-0.4, -0.2) is 54.5 Å². The van der Waals surface area contributed by atoms with E-state index < -0.39 is 52.1 Å². The van der Waals surface area contributed by atoms with E-state index in [1.807, 2.05) is 0 Å². The Labute approximate surface area is 205 Å². The molecule has 2 saturated heterocycles. The molecule has 2 aromatic carbocycles. The number of hydrogen-bond acceptors (Lipinski definition) is 5. The zero-order valence-electron chi connectivity index (χ0n) is 18.7. The normalized spacial score (nSPS) is 19.3. The zero-order valence-corrected chi connectivity index (χ0v) is 19.5. The number of carboxylic acids is 1. The highest BCUT2D eigenvalue weighted by molar-refractivity contribution is 6.30. The fourth-order valence-electron chi connectivity index (χ4n) is 3.76. The first-order chi connectivity index (χ1) is 16.6. The maximum atomic E-state index is 14.9. The number of Topliss-reactive ketones (excluding diaryl/α,β-unsaturated/α-hetero) is 1. The number of ketones is 2. The average Bonchev–Trinajstić information content (AvgIpc) is 2.84. The van der Waals surface area contributed by atoms with Gasteiger partial charge in [0.15, 0.2) is 23.6 Å². The summed E-state index contributed by atoms with van der Waals surface area (Å²) in [7, 11) is 0. The Kier molecular flexibility index (Phi) is 9.04. The third-order valence-corrected chi connectivity index (χ3v) is 5.98. The minimum absolute atomic E-state index is 0.0243. The van der Waals surface area contributed by atoms with Crippen molar-refractivity contribution in [1.29, 1.82) is 0 Å². The van der Waals surface area contributed by atoms with Crippen LogP contribution in [0.5, 0.6) is 0 Å². The van der Waals surface area contributed by atoms with Gasteiger partial charge in [0, 0.05) is 35.4 Å². The standard InChI is InChI=1S/C20H15ClF2O5.C5H9FO/c21-13-3-1-11(2-4-13)17(24)16-14(19(26)27)9-12(10-15(16)22)18(25)20(23)5-7-28-8-6-20;6-5-3-1-2-4-7-5/h1-4,9-10H,5-8H2,(H,26,27);5H,1-4H2. The van der Waals surface area contributed by atoms with Gasteiger partial charge in [-0.2, -0.15) is 0 Å². The van der Waals surface area contributed by atoms with E-state index in [0.717, 1.165) is 18.9 Å². The first-order valence-electron chi connectivity index (χ1n) is 11.1. The molecule has 35 heavy (non-hydrogen) atoms. The minimum atomic E-state index is -2.26. The molecule has 2 aliphatic rings. The molecule has 6 nitrogen and oxygen atoms in total. The number of hydrogen-bond donors (Lipinski definition) is 1. The predicted octanol–water partition coefficient (Wildman–Crippen LogP) is 5.59. The molecule has 1 unspecified atom stereocenters. The fourth-order valence-corrected chi connectivity index (χ4v) is 3.89. The van der Waals surface area contributed by atoms with E-state index in [-0.39, 0.29) is 31.6 Å². The molecule has 0 aliphatic carbocycles. The summed E-state index contributed by atoms with van der Waals surface area (Å²) in [6, 6.07) is 7.01. The molecular formula is C25H24ClF3O6. The van der Waals surface area contributed by atoms with Crippen LogP contribution in [0.1, 0.15) is 68.7 Å². The van der Waals surface area contributed by atoms with E-state index in [1.54, 1.807) is 0 Å². The SMILES string of the molecule is FC1CCCCO1.O=C(O)c1cc(C(=O)C2(F)CCOCC2)cc(F)c1C(=O)c1ccc(Cl)cc1. The molecule has 4 rings (SSSR count). The summed E-state index contributed by atoms with van der Waals surface area (Å²) in [6.07, 6.45) is 1.23. The van der Waals surface area contributed by atoms with Crippen LogP contribution in [0.4, 0.5) is 13.2 Å². The van der Waals surface area contributed by atoms with Crippen LogP contribution >= 0.6 is 11.6 Å². The Morgan fingerprint density at radius 1 is 1.00 bits per heavy atom. The molecule has 10 heteroatoms. The molecule has 1 N–H and O–H groups in total. The van der Waals surface area contributed by atoms with Gasteiger partial charge in [0.05, 0.1) is 30.9 Å². The van der Waals surface area contributed by atoms with Gasteiger partial charge >= 0.3 is 5.97 Å². The van der Waals surface area contributed by atoms with Gasteiger partial charge in [-0.25, -0.2) is 18.0 Å². The fraction of sp³-hybridized carbons (Fsp3) is 0.400. The quantitative estimate of drug-likeness (QED) is 0.525. The Balaban J connectivity index is 0.000000420. The van der Waals surface area contributed by atoms with Crippen molar-refractivity contribution in [3.8, 4) is 0 Å². The second-order valence-corrected chi connectivity index (χ2v) is 8.64. The van der Waals surface area contributed by atoms with Gasteiger partial charge in [-0.05, 0) is 49.2 Å². The summed E-state index contributed by atoms with van der Waals surface area (Å²) in [5.74, 6) is -4.72. The predicted molar refractivity (Wildman–Crippen MR) is 121 cm³/mol. The Hall–Kier alpha value is -2.75. The molecule has 0 aromatic heterocycles. The van der Waals surface area contributed by atoms with Crippen molar-refractivity contribution in [3.63, 3.8) is 0 Å². The number of ether oxygens (including phenoxy) is 2. The lowest BCUT2D eigenvalue weighted by Crippen LogP contribution is -2.40. The molecule has 0 amide bonds. The van der Waals surface area contributed by atoms with Crippen molar-refractivity contribution in [2.45, 2.75) is 44.1 Å². The van der Waals surface area contributed by atoms with E-state index in [4.69, 9.17) is 16.3 Å². The van der Waals surface area contributed by atoms with E-state index in [9.17, 15) is 32.7 Å². The molecule has 0 radical (unpaired) electrons. The maximum Gasteiger partial charge on any atom is 0.336 e. The third kappa shape index (κ3) is 6.68. The lowest BCUT2D eigenvalue weighted by Gasteiger charge is -2.28. The molecule has 188 valence electrons. The summed E-state index contributed by atoms with van der Waals surface area (Å²) < 4.78 is 51.2. The topological polar surface area (TPSA) is 89.9 Å². The van der Waals surface area contributed by atoms with Crippen molar-refractivity contribution in [2.24, 2.45) is 0 Å². The number of carbonyl (C=O) groups is 3. The number of halogens is 4. The second-order valence-electron chi connectivity index (χ2n) is 8.21. The molecule has 2 fully saturated rings. The lowest BCUT2D eigenvalue weighted by atomic mass is 9.86. The highest BCUT2D eigenvalue weighted by Gasteiger charge is 2.41. The molecule has 1 atom stereocenters. The van der Waals surface area contributed by atoms with E-state index >= 15 is 0 Å². The number of alkyl halides is 2. The molecule has 0 spiro atoms. The molecule has 2 aliphatic heterocycles.